The Hall–Kier alpha value is -1.55. The highest BCUT2D eigenvalue weighted by Gasteiger charge is 2.26. The maximum absolute atomic E-state index is 5.88. The first kappa shape index (κ1) is 13.4. The summed E-state index contributed by atoms with van der Waals surface area (Å²) in [5.74, 6) is 1.15. The Morgan fingerprint density at radius 3 is 3.05 bits per heavy atom. The van der Waals surface area contributed by atoms with Crippen LogP contribution >= 0.6 is 0 Å². The van der Waals surface area contributed by atoms with Gasteiger partial charge in [-0.15, -0.1) is 0 Å². The topological polar surface area (TPSA) is 53.1 Å². The van der Waals surface area contributed by atoms with Gasteiger partial charge in [-0.3, -0.25) is 0 Å². The van der Waals surface area contributed by atoms with Gasteiger partial charge in [0.05, 0.1) is 23.2 Å². The quantitative estimate of drug-likeness (QED) is 0.869. The van der Waals surface area contributed by atoms with Crippen molar-refractivity contribution in [3.63, 3.8) is 0 Å². The molecule has 4 nitrogen and oxygen atoms in total. The molecule has 2 N–H and O–H groups in total. The van der Waals surface area contributed by atoms with Crippen molar-refractivity contribution in [2.24, 2.45) is 0 Å². The smallest absolute Gasteiger partial charge is 0.110 e. The molecular formula is C16H23N3O. The number of anilines is 1. The van der Waals surface area contributed by atoms with Crippen molar-refractivity contribution in [2.45, 2.75) is 51.7 Å². The summed E-state index contributed by atoms with van der Waals surface area (Å²) in [6.45, 7) is 5.32. The Morgan fingerprint density at radius 1 is 1.50 bits per heavy atom. The Bertz CT molecular complexity index is 599. The lowest BCUT2D eigenvalue weighted by Gasteiger charge is -2.23. The first-order chi connectivity index (χ1) is 9.70. The first-order valence-electron chi connectivity index (χ1n) is 7.58. The van der Waals surface area contributed by atoms with E-state index in [0.29, 0.717) is 12.1 Å². The summed E-state index contributed by atoms with van der Waals surface area (Å²) in [5.41, 5.74) is 8.82. The van der Waals surface area contributed by atoms with Crippen LogP contribution in [0.4, 0.5) is 5.69 Å². The van der Waals surface area contributed by atoms with Gasteiger partial charge in [-0.25, -0.2) is 4.98 Å². The summed E-state index contributed by atoms with van der Waals surface area (Å²) in [5, 5.41) is 0. The van der Waals surface area contributed by atoms with Gasteiger partial charge < -0.3 is 15.0 Å². The molecule has 1 aliphatic heterocycles. The van der Waals surface area contributed by atoms with Crippen LogP contribution in [-0.2, 0) is 11.2 Å². The minimum absolute atomic E-state index is 0.306. The van der Waals surface area contributed by atoms with Gasteiger partial charge in [0.15, 0.2) is 0 Å². The van der Waals surface area contributed by atoms with E-state index in [2.05, 4.69) is 24.5 Å². The third-order valence-corrected chi connectivity index (χ3v) is 4.17. The maximum Gasteiger partial charge on any atom is 0.110 e. The normalized spacial score (nSPS) is 20.6. The molecular weight excluding hydrogens is 250 g/mol. The van der Waals surface area contributed by atoms with E-state index in [9.17, 15) is 0 Å². The molecule has 1 saturated heterocycles. The second kappa shape index (κ2) is 5.44. The zero-order valence-corrected chi connectivity index (χ0v) is 12.3. The zero-order chi connectivity index (χ0) is 14.1. The number of imidazole rings is 1. The van der Waals surface area contributed by atoms with E-state index in [0.717, 1.165) is 49.3 Å². The molecule has 3 rings (SSSR count). The first-order valence-corrected chi connectivity index (χ1v) is 7.58. The molecule has 4 heteroatoms. The van der Waals surface area contributed by atoms with Gasteiger partial charge in [0.1, 0.15) is 5.82 Å². The van der Waals surface area contributed by atoms with E-state index in [-0.39, 0.29) is 0 Å². The molecule has 2 unspecified atom stereocenters. The Balaban J connectivity index is 2.07. The van der Waals surface area contributed by atoms with Gasteiger partial charge in [-0.05, 0) is 44.4 Å². The number of aromatic nitrogens is 2. The fourth-order valence-electron chi connectivity index (χ4n) is 3.17. The summed E-state index contributed by atoms with van der Waals surface area (Å²) in [7, 11) is 0. The summed E-state index contributed by atoms with van der Waals surface area (Å²) < 4.78 is 8.23. The standard InChI is InChI=1S/C16H23N3O/c1-3-5-16-18-13-10-12(17)7-8-14(13)19(16)11(2)15-6-4-9-20-15/h7-8,10-11,15H,3-6,9,17H2,1-2H3. The lowest BCUT2D eigenvalue weighted by molar-refractivity contribution is 0.0736. The number of rotatable bonds is 4. The van der Waals surface area contributed by atoms with Crippen molar-refractivity contribution in [1.82, 2.24) is 9.55 Å². The van der Waals surface area contributed by atoms with Crippen LogP contribution in [-0.4, -0.2) is 22.3 Å². The molecule has 0 aliphatic carbocycles. The number of nitrogens with zero attached hydrogens (tertiary/aromatic N) is 2. The Labute approximate surface area is 119 Å². The van der Waals surface area contributed by atoms with Crippen LogP contribution in [0, 0.1) is 0 Å². The second-order valence-electron chi connectivity index (χ2n) is 5.69. The van der Waals surface area contributed by atoms with E-state index in [4.69, 9.17) is 15.5 Å². The fraction of sp³-hybridized carbons (Fsp3) is 0.562. The third-order valence-electron chi connectivity index (χ3n) is 4.17. The fourth-order valence-corrected chi connectivity index (χ4v) is 3.17. The highest BCUT2D eigenvalue weighted by molar-refractivity contribution is 5.79. The molecule has 2 atom stereocenters. The molecule has 1 aromatic carbocycles. The van der Waals surface area contributed by atoms with Crippen LogP contribution in [0.1, 0.15) is 45.0 Å². The number of fused-ring (bicyclic) bond motifs is 1. The largest absolute Gasteiger partial charge is 0.399 e. The minimum Gasteiger partial charge on any atom is -0.399 e. The molecule has 0 amide bonds. The van der Waals surface area contributed by atoms with Gasteiger partial charge in [-0.2, -0.15) is 0 Å². The monoisotopic (exact) mass is 273 g/mol. The number of aryl methyl sites for hydroxylation is 1. The Kier molecular flexibility index (Phi) is 3.66. The molecule has 20 heavy (non-hydrogen) atoms. The van der Waals surface area contributed by atoms with Gasteiger partial charge in [0.2, 0.25) is 0 Å². The van der Waals surface area contributed by atoms with Crippen molar-refractivity contribution < 1.29 is 4.74 Å². The van der Waals surface area contributed by atoms with E-state index in [1.807, 2.05) is 12.1 Å². The van der Waals surface area contributed by atoms with Crippen LogP contribution in [0.5, 0.6) is 0 Å². The molecule has 1 aliphatic rings. The van der Waals surface area contributed by atoms with Crippen LogP contribution in [0.25, 0.3) is 11.0 Å². The lowest BCUT2D eigenvalue weighted by Crippen LogP contribution is -2.22. The number of ether oxygens (including phenoxy) is 1. The van der Waals surface area contributed by atoms with Crippen molar-refractivity contribution in [3.8, 4) is 0 Å². The summed E-state index contributed by atoms with van der Waals surface area (Å²) in [6.07, 6.45) is 4.70. The van der Waals surface area contributed by atoms with Crippen molar-refractivity contribution in [2.75, 3.05) is 12.3 Å². The summed E-state index contributed by atoms with van der Waals surface area (Å²) >= 11 is 0. The van der Waals surface area contributed by atoms with Gasteiger partial charge in [-0.1, -0.05) is 6.92 Å². The zero-order valence-electron chi connectivity index (χ0n) is 12.3. The Morgan fingerprint density at radius 2 is 2.35 bits per heavy atom. The van der Waals surface area contributed by atoms with Gasteiger partial charge >= 0.3 is 0 Å². The number of benzene rings is 1. The van der Waals surface area contributed by atoms with Crippen LogP contribution in [0.3, 0.4) is 0 Å². The molecule has 0 spiro atoms. The summed E-state index contributed by atoms with van der Waals surface area (Å²) in [4.78, 5) is 4.78. The van der Waals surface area contributed by atoms with Crippen molar-refractivity contribution >= 4 is 16.7 Å². The molecule has 108 valence electrons. The molecule has 0 saturated carbocycles. The average molecular weight is 273 g/mol. The molecule has 1 aromatic heterocycles. The van der Waals surface area contributed by atoms with E-state index in [1.165, 1.54) is 5.52 Å². The number of hydrogen-bond donors (Lipinski definition) is 1. The lowest BCUT2D eigenvalue weighted by atomic mass is 10.1. The predicted octanol–water partition coefficient (Wildman–Crippen LogP) is 3.31. The van der Waals surface area contributed by atoms with Gasteiger partial charge in [0, 0.05) is 18.7 Å². The highest BCUT2D eigenvalue weighted by atomic mass is 16.5. The maximum atomic E-state index is 5.88. The van der Waals surface area contributed by atoms with Crippen molar-refractivity contribution in [1.29, 1.82) is 0 Å². The van der Waals surface area contributed by atoms with E-state index < -0.39 is 0 Å². The number of nitrogen functional groups attached to an aromatic ring is 1. The molecule has 2 aromatic rings. The number of hydrogen-bond acceptors (Lipinski definition) is 3. The molecule has 1 fully saturated rings. The molecule has 0 bridgehead atoms. The molecule has 0 radical (unpaired) electrons. The van der Waals surface area contributed by atoms with E-state index >= 15 is 0 Å². The van der Waals surface area contributed by atoms with Crippen LogP contribution in [0.15, 0.2) is 18.2 Å². The minimum atomic E-state index is 0.306. The average Bonchev–Trinajstić information content (AvgIpc) is 3.05. The number of nitrogens with two attached hydrogens (primary N) is 1. The summed E-state index contributed by atoms with van der Waals surface area (Å²) in [6, 6.07) is 6.33. The third kappa shape index (κ3) is 2.29. The van der Waals surface area contributed by atoms with Gasteiger partial charge in [0.25, 0.3) is 0 Å². The second-order valence-corrected chi connectivity index (χ2v) is 5.69. The van der Waals surface area contributed by atoms with E-state index in [1.54, 1.807) is 0 Å². The predicted molar refractivity (Wildman–Crippen MR) is 81.8 cm³/mol. The SMILES string of the molecule is CCCc1nc2cc(N)ccc2n1C(C)C1CCCO1. The van der Waals surface area contributed by atoms with Crippen molar-refractivity contribution in [3.05, 3.63) is 24.0 Å². The molecule has 2 heterocycles. The van der Waals surface area contributed by atoms with Crippen LogP contribution in [0.2, 0.25) is 0 Å². The van der Waals surface area contributed by atoms with Crippen LogP contribution < -0.4 is 5.73 Å². The highest BCUT2D eigenvalue weighted by Crippen LogP contribution is 2.30.